The van der Waals surface area contributed by atoms with Crippen molar-refractivity contribution >= 4 is 59.1 Å². The van der Waals surface area contributed by atoms with E-state index >= 15 is 0 Å². The summed E-state index contributed by atoms with van der Waals surface area (Å²) in [5.74, 6) is 0. The number of rotatable bonds is 3. The Balaban J connectivity index is 2.16. The first kappa shape index (κ1) is 13.7. The van der Waals surface area contributed by atoms with Crippen LogP contribution in [0.15, 0.2) is 42.4 Å². The molecule has 0 saturated carbocycles. The van der Waals surface area contributed by atoms with E-state index in [0.717, 1.165) is 23.2 Å². The molecule has 0 fully saturated rings. The van der Waals surface area contributed by atoms with Crippen LogP contribution in [0, 0.1) is 0 Å². The van der Waals surface area contributed by atoms with E-state index in [0.29, 0.717) is 6.42 Å². The molecule has 90 valence electrons. The molecule has 0 aliphatic carbocycles. The lowest BCUT2D eigenvalue weighted by molar-refractivity contribution is 0.178. The van der Waals surface area contributed by atoms with Gasteiger partial charge in [0.15, 0.2) is 0 Å². The molecule has 0 amide bonds. The minimum atomic E-state index is -0.485. The van der Waals surface area contributed by atoms with Crippen LogP contribution in [0.4, 0.5) is 0 Å². The average molecular weight is 441 g/mol. The fraction of sp³-hybridized carbons (Fsp3) is 0.167. The number of aliphatic hydroxyl groups excluding tert-OH is 1. The first-order chi connectivity index (χ1) is 8.06. The summed E-state index contributed by atoms with van der Waals surface area (Å²) in [5.41, 5.74) is 2.04. The van der Waals surface area contributed by atoms with Crippen LogP contribution in [0.2, 0.25) is 0 Å². The molecule has 0 bridgehead atoms. The van der Waals surface area contributed by atoms with E-state index in [1.165, 1.54) is 0 Å². The fourth-order valence-electron chi connectivity index (χ4n) is 1.58. The summed E-state index contributed by atoms with van der Waals surface area (Å²) in [6, 6.07) is 9.96. The van der Waals surface area contributed by atoms with Gasteiger partial charge in [-0.1, -0.05) is 28.1 Å². The zero-order chi connectivity index (χ0) is 12.4. The molecule has 2 aromatic rings. The molecule has 1 unspecified atom stereocenters. The number of halogens is 3. The van der Waals surface area contributed by atoms with Crippen molar-refractivity contribution in [1.29, 1.82) is 0 Å². The zero-order valence-electron chi connectivity index (χ0n) is 8.66. The van der Waals surface area contributed by atoms with Gasteiger partial charge in [-0.3, -0.25) is 0 Å². The summed E-state index contributed by atoms with van der Waals surface area (Å²) in [4.78, 5) is 0. The van der Waals surface area contributed by atoms with Gasteiger partial charge in [0.2, 0.25) is 0 Å². The molecule has 1 atom stereocenters. The predicted molar refractivity (Wildman–Crippen MR) is 82.5 cm³/mol. The van der Waals surface area contributed by atoms with Crippen LogP contribution in [-0.4, -0.2) is 5.11 Å². The Morgan fingerprint density at radius 1 is 1.18 bits per heavy atom. The Labute approximate surface area is 129 Å². The number of hydrogen-bond acceptors (Lipinski definition) is 2. The normalized spacial score (nSPS) is 12.7. The van der Waals surface area contributed by atoms with Gasteiger partial charge in [0.1, 0.15) is 0 Å². The minimum absolute atomic E-state index is 0.485. The molecule has 1 aromatic carbocycles. The minimum Gasteiger partial charge on any atom is -0.388 e. The van der Waals surface area contributed by atoms with E-state index in [2.05, 4.69) is 47.8 Å². The summed E-state index contributed by atoms with van der Waals surface area (Å²) in [6.45, 7) is 0. The van der Waals surface area contributed by atoms with Crippen LogP contribution in [0.25, 0.3) is 0 Å². The Morgan fingerprint density at radius 2 is 1.94 bits per heavy atom. The quantitative estimate of drug-likeness (QED) is 0.685. The maximum atomic E-state index is 10.2. The maximum Gasteiger partial charge on any atom is 0.0849 e. The van der Waals surface area contributed by atoms with Gasteiger partial charge in [-0.05, 0) is 55.6 Å². The van der Waals surface area contributed by atoms with Crippen LogP contribution in [0.3, 0.4) is 0 Å². The smallest absolute Gasteiger partial charge is 0.0849 e. The molecule has 0 aliphatic heterocycles. The molecule has 0 aliphatic rings. The van der Waals surface area contributed by atoms with Gasteiger partial charge in [-0.15, -0.1) is 11.3 Å². The second-order valence-electron chi connectivity index (χ2n) is 3.63. The molecule has 0 radical (unpaired) electrons. The van der Waals surface area contributed by atoms with E-state index in [1.54, 1.807) is 11.3 Å². The molecule has 17 heavy (non-hydrogen) atoms. The molecule has 1 N–H and O–H groups in total. The third kappa shape index (κ3) is 3.64. The van der Waals surface area contributed by atoms with Crippen molar-refractivity contribution in [3.63, 3.8) is 0 Å². The molecule has 5 heteroatoms. The van der Waals surface area contributed by atoms with Gasteiger partial charge in [-0.2, -0.15) is 0 Å². The largest absolute Gasteiger partial charge is 0.388 e. The van der Waals surface area contributed by atoms with Gasteiger partial charge in [0, 0.05) is 16.5 Å². The van der Waals surface area contributed by atoms with Gasteiger partial charge in [-0.25, -0.2) is 0 Å². The number of aliphatic hydroxyl groups is 1. The lowest BCUT2D eigenvalue weighted by Crippen LogP contribution is -2.00. The van der Waals surface area contributed by atoms with Gasteiger partial charge < -0.3 is 5.11 Å². The lowest BCUT2D eigenvalue weighted by Gasteiger charge is -2.10. The van der Waals surface area contributed by atoms with Crippen molar-refractivity contribution in [1.82, 2.24) is 0 Å². The molecule has 1 aromatic heterocycles. The maximum absolute atomic E-state index is 10.2. The topological polar surface area (TPSA) is 20.2 Å². The van der Waals surface area contributed by atoms with Crippen LogP contribution >= 0.6 is 59.1 Å². The Morgan fingerprint density at radius 3 is 2.53 bits per heavy atom. The van der Waals surface area contributed by atoms with Crippen molar-refractivity contribution in [2.24, 2.45) is 0 Å². The highest BCUT2D eigenvalue weighted by Crippen LogP contribution is 2.36. The van der Waals surface area contributed by atoms with Crippen molar-refractivity contribution in [3.8, 4) is 0 Å². The summed E-state index contributed by atoms with van der Waals surface area (Å²) in [5, 5.41) is 10.2. The Hall–Kier alpha value is 0.320. The third-order valence-corrected chi connectivity index (χ3v) is 5.24. The van der Waals surface area contributed by atoms with E-state index in [-0.39, 0.29) is 0 Å². The highest BCUT2D eigenvalue weighted by atomic mass is 79.9. The second-order valence-corrected chi connectivity index (χ2v) is 8.29. The highest BCUT2D eigenvalue weighted by molar-refractivity contribution is 9.12. The summed E-state index contributed by atoms with van der Waals surface area (Å²) < 4.78 is 3.03. The Kier molecular flexibility index (Phi) is 4.83. The Bertz CT molecular complexity index is 524. The number of benzene rings is 1. The SMILES string of the molecule is OC(Cc1cccc(Br)c1)c1cc(Br)sc1Br. The van der Waals surface area contributed by atoms with E-state index in [9.17, 15) is 5.11 Å². The molecule has 1 heterocycles. The van der Waals surface area contributed by atoms with Crippen molar-refractivity contribution in [3.05, 3.63) is 53.5 Å². The second kappa shape index (κ2) is 5.97. The lowest BCUT2D eigenvalue weighted by atomic mass is 10.0. The van der Waals surface area contributed by atoms with Crippen molar-refractivity contribution < 1.29 is 5.11 Å². The van der Waals surface area contributed by atoms with E-state index < -0.39 is 6.10 Å². The highest BCUT2D eigenvalue weighted by Gasteiger charge is 2.15. The molecular formula is C12H9Br3OS. The molecular weight excluding hydrogens is 432 g/mol. The first-order valence-corrected chi connectivity index (χ1v) is 8.13. The molecule has 1 nitrogen and oxygen atoms in total. The number of thiophene rings is 1. The van der Waals surface area contributed by atoms with Gasteiger partial charge in [0.05, 0.1) is 13.7 Å². The third-order valence-electron chi connectivity index (χ3n) is 2.36. The van der Waals surface area contributed by atoms with Crippen LogP contribution in [0.5, 0.6) is 0 Å². The van der Waals surface area contributed by atoms with Crippen molar-refractivity contribution in [2.45, 2.75) is 12.5 Å². The van der Waals surface area contributed by atoms with Crippen molar-refractivity contribution in [2.75, 3.05) is 0 Å². The molecule has 0 spiro atoms. The van der Waals surface area contributed by atoms with Crippen LogP contribution < -0.4 is 0 Å². The van der Waals surface area contributed by atoms with Gasteiger partial charge >= 0.3 is 0 Å². The van der Waals surface area contributed by atoms with Crippen LogP contribution in [0.1, 0.15) is 17.2 Å². The predicted octanol–water partition coefficient (Wildman–Crippen LogP) is 5.31. The standard InChI is InChI=1S/C12H9Br3OS/c13-8-3-1-2-7(4-8)5-10(16)9-6-11(14)17-12(9)15/h1-4,6,10,16H,5H2. The zero-order valence-corrected chi connectivity index (χ0v) is 14.2. The molecule has 2 rings (SSSR count). The van der Waals surface area contributed by atoms with Crippen LogP contribution in [-0.2, 0) is 6.42 Å². The van der Waals surface area contributed by atoms with E-state index in [1.807, 2.05) is 30.3 Å². The summed E-state index contributed by atoms with van der Waals surface area (Å²) in [7, 11) is 0. The number of hydrogen-bond donors (Lipinski definition) is 1. The first-order valence-electron chi connectivity index (χ1n) is 4.93. The summed E-state index contributed by atoms with van der Waals surface area (Å²) >= 11 is 11.9. The average Bonchev–Trinajstić information content (AvgIpc) is 2.58. The molecule has 0 saturated heterocycles. The summed E-state index contributed by atoms with van der Waals surface area (Å²) in [6.07, 6.45) is 0.127. The fourth-order valence-corrected chi connectivity index (χ4v) is 4.98. The van der Waals surface area contributed by atoms with E-state index in [4.69, 9.17) is 0 Å². The monoisotopic (exact) mass is 438 g/mol. The van der Waals surface area contributed by atoms with Gasteiger partial charge in [0.25, 0.3) is 0 Å².